The van der Waals surface area contributed by atoms with Gasteiger partial charge < -0.3 is 303 Å². The van der Waals surface area contributed by atoms with E-state index in [1.54, 1.807) is 0 Å². The van der Waals surface area contributed by atoms with Crippen LogP contribution in [-0.4, -0.2) is 642 Å². The van der Waals surface area contributed by atoms with Crippen LogP contribution in [0.1, 0.15) is 0 Å². The average Bonchev–Trinajstić information content (AvgIpc) is 1.60. The zero-order chi connectivity index (χ0) is 98.0. The molecule has 0 aromatic carbocycles. The van der Waals surface area contributed by atoms with Crippen molar-refractivity contribution in [1.82, 2.24) is 0 Å². The van der Waals surface area contributed by atoms with Crippen LogP contribution in [0.5, 0.6) is 0 Å². The van der Waals surface area contributed by atoms with E-state index in [0.717, 1.165) is 0 Å². The summed E-state index contributed by atoms with van der Waals surface area (Å²) in [6.07, 6.45) is -85.1. The SMILES string of the molecule is OC[C@H]1O[C@@](CO)(OC[C@@]2(OC[C@@]3(OC[C@@]4(OC[C@@]5(OC[C@@]6(OC[C@@]7(OC[C@@]8(OC[C@@]9(OC[C@@]%10(OC[C@@]%11(O[C@H]%12O[C@H](CO)[C@@H](O)[C@H](O)[C@H]%12O)O[C@H](CO)[C@@H](O)[C@@H]%11O)O[C@H](CO)[C@@H](O)[C@@H]%10O)O[C@H](CO)[C@@H](O)[C@@H]9O)O[C@H](CO)[C@@H](O)[C@@H]8O)O[C@H](CO)[C@@H](O)[C@@H]7O)O[C@H](CO)[C@@H](O)[C@@H]6O)O[C@H](CO)[C@@H](O)[C@@H]5O)O[C@H](CO)[C@@H](O)[C@@H]4O)O[C@H](CO)[C@@H](O)[C@@H]3O)O[C@H](CO)[C@@H](O)[C@@H]2O)[C@@H](O)[C@@H]1O. The molecule has 61 heteroatoms. The second kappa shape index (κ2) is 42.8. The topological polar surface area (TPSA) is 981 Å². The molecule has 0 unspecified atom stereocenters. The molecule has 12 rings (SSSR count). The number of rotatable bonds is 45. The first-order chi connectivity index (χ1) is 62.7. The minimum absolute atomic E-state index is 0.986. The monoisotopic (exact) mass is 1960 g/mol. The predicted octanol–water partition coefficient (Wildman–Crippen LogP) is -27.1. The Morgan fingerprint density at radius 2 is 0.286 bits per heavy atom. The molecule has 0 aliphatic carbocycles. The molecule has 49 atom stereocenters. The minimum Gasteiger partial charge on any atom is -0.394 e. The van der Waals surface area contributed by atoms with Crippen LogP contribution in [0.2, 0.25) is 0 Å². The molecule has 38 N–H and O–H groups in total. The molecule has 12 heterocycles. The fourth-order valence-corrected chi connectivity index (χ4v) is 17.7. The van der Waals surface area contributed by atoms with Crippen LogP contribution in [-0.2, 0) is 109 Å². The van der Waals surface area contributed by atoms with Crippen molar-refractivity contribution < 1.29 is 303 Å². The van der Waals surface area contributed by atoms with E-state index in [4.69, 9.17) is 109 Å². The van der Waals surface area contributed by atoms with Gasteiger partial charge in [-0.1, -0.05) is 0 Å². The van der Waals surface area contributed by atoms with Gasteiger partial charge in [-0.25, -0.2) is 0 Å². The van der Waals surface area contributed by atoms with Crippen molar-refractivity contribution in [2.75, 3.05) is 152 Å². The van der Waals surface area contributed by atoms with E-state index >= 15 is 0 Å². The molecule has 0 aromatic rings. The fraction of sp³-hybridized carbons (Fsp3) is 1.00. The lowest BCUT2D eigenvalue weighted by atomic mass is 9.99. The zero-order valence-corrected chi connectivity index (χ0v) is 70.1. The molecule has 61 nitrogen and oxygen atoms in total. The van der Waals surface area contributed by atoms with Crippen molar-refractivity contribution in [1.29, 1.82) is 0 Å². The van der Waals surface area contributed by atoms with E-state index in [0.29, 0.717) is 0 Å². The molecule has 12 aliphatic heterocycles. The molecule has 12 fully saturated rings. The number of hydrogen-bond donors (Lipinski definition) is 38. The third-order valence-electron chi connectivity index (χ3n) is 26.1. The molecule has 133 heavy (non-hydrogen) atoms. The lowest BCUT2D eigenvalue weighted by Gasteiger charge is -2.45. The lowest BCUT2D eigenvalue weighted by molar-refractivity contribution is -0.407. The van der Waals surface area contributed by atoms with Crippen LogP contribution < -0.4 is 0 Å². The van der Waals surface area contributed by atoms with Crippen molar-refractivity contribution in [2.24, 2.45) is 0 Å². The number of hydrogen-bond acceptors (Lipinski definition) is 61. The highest BCUT2D eigenvalue weighted by Gasteiger charge is 2.72. The maximum absolute atomic E-state index is 12.2. The standard InChI is InChI=1S/C72H122O61/c73-1-24-36(86)48(98)49(99)61(121-24)133-72(60(110)47(97)35(12-84)132-72)23-120-71(59(109)46(96)34(11-83)131-71)22-119-70(58(108)45(95)33(10-82)130-70)21-118-69(57(107)44(94)32(9-81)129-69)20-117-68(56(106)43(93)31(8-80)128-68)19-116-67(55(105)42(92)30(7-79)127-67)18-115-66(54(104)41(91)29(6-78)126-66)17-114-65(53(103)40(90)28(5-77)125-65)16-113-64(52(102)39(89)27(4-76)124-64)15-112-63(51(101)38(88)26(3-75)123-63)14-111-62(13-85)50(100)37(87)25(2-74)122-62/h24-61,73-110H,1-23H2/t24-,25-,26-,27-,28-,29-,30-,31-,32-,33-,34-,35-,36-,37-,38-,39-,40-,41-,42-,43-,44-,45-,46-,47-,48+,49-,50+,51+,52+,53+,54+,55+,56+,57+,58+,59+,60+,61-,62-,63-,64-,65-,66-,67-,68-,69-,70-,71-,72+/m1/s1. The van der Waals surface area contributed by atoms with E-state index in [9.17, 15) is 194 Å². The van der Waals surface area contributed by atoms with Gasteiger partial charge in [0.25, 0.3) is 0 Å². The second-order valence-corrected chi connectivity index (χ2v) is 34.3. The van der Waals surface area contributed by atoms with E-state index in [1.165, 1.54) is 0 Å². The Bertz CT molecular complexity index is 3580. The van der Waals surface area contributed by atoms with Gasteiger partial charge in [0, 0.05) is 0 Å². The summed E-state index contributed by atoms with van der Waals surface area (Å²) in [4.78, 5) is 0. The number of aliphatic hydroxyl groups is 38. The largest absolute Gasteiger partial charge is 0.394 e. The first-order valence-corrected chi connectivity index (χ1v) is 41.9. The third-order valence-corrected chi connectivity index (χ3v) is 26.1. The normalized spacial score (nSPS) is 52.8. The predicted molar refractivity (Wildman–Crippen MR) is 395 cm³/mol. The van der Waals surface area contributed by atoms with Crippen LogP contribution in [0.4, 0.5) is 0 Å². The van der Waals surface area contributed by atoms with Crippen molar-refractivity contribution in [3.8, 4) is 0 Å². The Labute approximate surface area is 748 Å². The highest BCUT2D eigenvalue weighted by atomic mass is 16.9. The molecule has 0 spiro atoms. The summed E-state index contributed by atoms with van der Waals surface area (Å²) in [7, 11) is 0. The lowest BCUT2D eigenvalue weighted by Crippen LogP contribution is -2.64. The van der Waals surface area contributed by atoms with Gasteiger partial charge in [-0.2, -0.15) is 0 Å². The van der Waals surface area contributed by atoms with Crippen LogP contribution in [0.25, 0.3) is 0 Å². The van der Waals surface area contributed by atoms with Gasteiger partial charge in [0.15, 0.2) is 6.29 Å². The van der Waals surface area contributed by atoms with Crippen molar-refractivity contribution >= 4 is 0 Å². The molecule has 0 saturated carbocycles. The Morgan fingerprint density at radius 3 is 0.444 bits per heavy atom. The van der Waals surface area contributed by atoms with E-state index in [1.807, 2.05) is 0 Å². The summed E-state index contributed by atoms with van der Waals surface area (Å²) in [6, 6.07) is 0. The maximum atomic E-state index is 12.2. The Balaban J connectivity index is 0.839. The van der Waals surface area contributed by atoms with Crippen molar-refractivity contribution in [2.45, 2.75) is 296 Å². The average molecular weight is 1960 g/mol. The quantitative estimate of drug-likeness (QED) is 0.0269. The van der Waals surface area contributed by atoms with E-state index in [-0.39, 0.29) is 0 Å². The van der Waals surface area contributed by atoms with E-state index in [2.05, 4.69) is 0 Å². The Hall–Kier alpha value is -2.44. The maximum Gasteiger partial charge on any atom is 0.224 e. The third kappa shape index (κ3) is 19.5. The zero-order valence-electron chi connectivity index (χ0n) is 70.1. The van der Waals surface area contributed by atoms with Crippen LogP contribution >= 0.6 is 0 Å². The molecule has 776 valence electrons. The molecule has 0 bridgehead atoms. The van der Waals surface area contributed by atoms with Crippen LogP contribution in [0.15, 0.2) is 0 Å². The van der Waals surface area contributed by atoms with E-state index < -0.39 is 448 Å². The summed E-state index contributed by atoms with van der Waals surface area (Å²) < 4.78 is 136. The summed E-state index contributed by atoms with van der Waals surface area (Å²) >= 11 is 0. The fourth-order valence-electron chi connectivity index (χ4n) is 17.7. The molecular weight excluding hydrogens is 1840 g/mol. The smallest absolute Gasteiger partial charge is 0.224 e. The summed E-state index contributed by atoms with van der Waals surface area (Å²) in [6.45, 7) is -31.5. The van der Waals surface area contributed by atoms with Crippen molar-refractivity contribution in [3.05, 3.63) is 0 Å². The summed E-state index contributed by atoms with van der Waals surface area (Å²) in [5.41, 5.74) is 0. The molecule has 0 radical (unpaired) electrons. The summed E-state index contributed by atoms with van der Waals surface area (Å²) in [5.74, 6) is -34.6. The highest BCUT2D eigenvalue weighted by molar-refractivity contribution is 5.11. The molecule has 12 aliphatic rings. The minimum atomic E-state index is -3.30. The molecule has 0 aromatic heterocycles. The Kier molecular flexibility index (Phi) is 35.2. The van der Waals surface area contributed by atoms with Gasteiger partial charge in [0.2, 0.25) is 63.7 Å². The van der Waals surface area contributed by atoms with Gasteiger partial charge >= 0.3 is 0 Å². The van der Waals surface area contributed by atoms with Crippen LogP contribution in [0.3, 0.4) is 0 Å². The first kappa shape index (κ1) is 109. The van der Waals surface area contributed by atoms with Crippen LogP contribution in [0, 0.1) is 0 Å². The molecular formula is C72H122O61. The molecule has 0 amide bonds. The summed E-state index contributed by atoms with van der Waals surface area (Å²) in [5, 5.41) is 423. The van der Waals surface area contributed by atoms with Gasteiger partial charge in [0.1, 0.15) is 299 Å². The van der Waals surface area contributed by atoms with Gasteiger partial charge in [-0.05, 0) is 0 Å². The second-order valence-electron chi connectivity index (χ2n) is 34.3. The van der Waals surface area contributed by atoms with Gasteiger partial charge in [-0.3, -0.25) is 0 Å². The van der Waals surface area contributed by atoms with Gasteiger partial charge in [-0.15, -0.1) is 0 Å². The first-order valence-electron chi connectivity index (χ1n) is 41.9. The highest BCUT2D eigenvalue weighted by Crippen LogP contribution is 2.50. The molecule has 12 saturated heterocycles. The number of ether oxygens (including phenoxy) is 23. The van der Waals surface area contributed by atoms with Gasteiger partial charge in [0.05, 0.1) is 79.3 Å². The van der Waals surface area contributed by atoms with Crippen molar-refractivity contribution in [3.63, 3.8) is 0 Å². The number of aliphatic hydroxyl groups excluding tert-OH is 38. The Morgan fingerprint density at radius 1 is 0.150 bits per heavy atom.